The number of hydrogen-bond donors (Lipinski definition) is 4. The van der Waals surface area contributed by atoms with E-state index >= 15 is 0 Å². The summed E-state index contributed by atoms with van der Waals surface area (Å²) in [7, 11) is 1.60. The molecule has 0 saturated heterocycles. The van der Waals surface area contributed by atoms with Gasteiger partial charge in [-0.2, -0.15) is 4.99 Å². The average Bonchev–Trinajstić information content (AvgIpc) is 2.82. The van der Waals surface area contributed by atoms with Gasteiger partial charge in [-0.05, 0) is 17.7 Å². The molecule has 1 amide bonds. The van der Waals surface area contributed by atoms with E-state index < -0.39 is 5.91 Å². The van der Waals surface area contributed by atoms with Gasteiger partial charge in [0, 0.05) is 24.5 Å². The van der Waals surface area contributed by atoms with Crippen LogP contribution in [0.5, 0.6) is 0 Å². The minimum Gasteiger partial charge on any atom is -0.370 e. The third-order valence-corrected chi connectivity index (χ3v) is 2.68. The molecular formula is C12H17Cl2N5O. The van der Waals surface area contributed by atoms with E-state index in [1.807, 2.05) is 18.2 Å². The molecule has 0 aliphatic carbocycles. The van der Waals surface area contributed by atoms with Crippen LogP contribution in [0.2, 0.25) is 0 Å². The Morgan fingerprint density at radius 3 is 2.70 bits per heavy atom. The van der Waals surface area contributed by atoms with E-state index in [4.69, 9.17) is 11.5 Å². The second kappa shape index (κ2) is 7.74. The minimum absolute atomic E-state index is 0. The normalized spacial score (nSPS) is 10.6. The summed E-state index contributed by atoms with van der Waals surface area (Å²) in [6.45, 7) is 0.421. The number of aliphatic imine (C=N–C) groups is 1. The Kier molecular flexibility index (Phi) is 7.06. The third kappa shape index (κ3) is 3.63. The Balaban J connectivity index is 0.00000180. The van der Waals surface area contributed by atoms with Crippen molar-refractivity contribution in [3.63, 3.8) is 0 Å². The lowest BCUT2D eigenvalue weighted by Crippen LogP contribution is -2.28. The summed E-state index contributed by atoms with van der Waals surface area (Å²) >= 11 is 0. The van der Waals surface area contributed by atoms with E-state index in [9.17, 15) is 4.79 Å². The molecule has 0 spiro atoms. The Bertz CT molecular complexity index is 623. The summed E-state index contributed by atoms with van der Waals surface area (Å²) < 4.78 is 0. The number of nitrogens with two attached hydrogens (primary N) is 2. The Hall–Kier alpha value is -1.76. The highest BCUT2D eigenvalue weighted by atomic mass is 35.5. The topological polar surface area (TPSA) is 109 Å². The molecular weight excluding hydrogens is 301 g/mol. The van der Waals surface area contributed by atoms with E-state index in [1.165, 1.54) is 0 Å². The Morgan fingerprint density at radius 1 is 1.40 bits per heavy atom. The number of carbonyl (C=O) groups is 1. The number of amides is 1. The van der Waals surface area contributed by atoms with E-state index in [2.05, 4.69) is 15.3 Å². The highest BCUT2D eigenvalue weighted by Crippen LogP contribution is 2.20. The molecule has 0 aliphatic rings. The SMILES string of the molecule is CNC(N)=NC(=O)c1cc2c(CN)cccc2[nH]1.Cl.Cl. The van der Waals surface area contributed by atoms with Crippen molar-refractivity contribution >= 4 is 47.6 Å². The number of halogens is 2. The molecule has 6 nitrogen and oxygen atoms in total. The molecule has 1 heterocycles. The Morgan fingerprint density at radius 2 is 2.10 bits per heavy atom. The smallest absolute Gasteiger partial charge is 0.296 e. The van der Waals surface area contributed by atoms with Gasteiger partial charge in [-0.15, -0.1) is 24.8 Å². The van der Waals surface area contributed by atoms with Crippen LogP contribution < -0.4 is 16.8 Å². The van der Waals surface area contributed by atoms with Gasteiger partial charge in [-0.25, -0.2) is 0 Å². The highest BCUT2D eigenvalue weighted by molar-refractivity contribution is 6.04. The lowest BCUT2D eigenvalue weighted by Gasteiger charge is -1.96. The number of H-pyrrole nitrogens is 1. The zero-order valence-corrected chi connectivity index (χ0v) is 12.5. The first kappa shape index (κ1) is 18.2. The maximum absolute atomic E-state index is 11.8. The molecule has 20 heavy (non-hydrogen) atoms. The molecule has 6 N–H and O–H groups in total. The molecule has 0 unspecified atom stereocenters. The first-order chi connectivity index (χ1) is 8.65. The number of aromatic nitrogens is 1. The van der Waals surface area contributed by atoms with E-state index in [0.29, 0.717) is 12.2 Å². The summed E-state index contributed by atoms with van der Waals surface area (Å²) in [6.07, 6.45) is 0. The molecule has 110 valence electrons. The number of hydrogen-bond acceptors (Lipinski definition) is 2. The number of guanidine groups is 1. The minimum atomic E-state index is -0.416. The lowest BCUT2D eigenvalue weighted by molar-refractivity contribution is 0.0998. The fourth-order valence-corrected chi connectivity index (χ4v) is 1.74. The summed E-state index contributed by atoms with van der Waals surface area (Å²) in [5.74, 6) is -0.335. The zero-order chi connectivity index (χ0) is 13.1. The number of benzene rings is 1. The third-order valence-electron chi connectivity index (χ3n) is 2.68. The molecule has 2 rings (SSSR count). The molecule has 0 fully saturated rings. The molecule has 2 aromatic rings. The van der Waals surface area contributed by atoms with Gasteiger partial charge >= 0.3 is 0 Å². The number of nitrogens with zero attached hydrogens (tertiary/aromatic N) is 1. The number of rotatable bonds is 2. The summed E-state index contributed by atoms with van der Waals surface area (Å²) in [4.78, 5) is 18.5. The van der Waals surface area contributed by atoms with Gasteiger partial charge in [0.1, 0.15) is 5.69 Å². The van der Waals surface area contributed by atoms with Crippen LogP contribution in [0.25, 0.3) is 10.9 Å². The molecule has 0 atom stereocenters. The van der Waals surface area contributed by atoms with Crippen LogP contribution in [-0.4, -0.2) is 23.9 Å². The maximum atomic E-state index is 11.8. The van der Waals surface area contributed by atoms with Gasteiger partial charge in [0.2, 0.25) is 0 Å². The second-order valence-electron chi connectivity index (χ2n) is 3.82. The highest BCUT2D eigenvalue weighted by Gasteiger charge is 2.10. The van der Waals surface area contributed by atoms with Crippen LogP contribution >= 0.6 is 24.8 Å². The zero-order valence-electron chi connectivity index (χ0n) is 10.8. The maximum Gasteiger partial charge on any atom is 0.296 e. The first-order valence-corrected chi connectivity index (χ1v) is 5.52. The number of carbonyl (C=O) groups excluding carboxylic acids is 1. The van der Waals surface area contributed by atoms with E-state index in [0.717, 1.165) is 16.5 Å². The van der Waals surface area contributed by atoms with Gasteiger partial charge in [0.15, 0.2) is 5.96 Å². The van der Waals surface area contributed by atoms with Crippen molar-refractivity contribution in [2.24, 2.45) is 16.5 Å². The van der Waals surface area contributed by atoms with Gasteiger partial charge in [0.25, 0.3) is 5.91 Å². The Labute approximate surface area is 128 Å². The van der Waals surface area contributed by atoms with Gasteiger partial charge < -0.3 is 21.8 Å². The van der Waals surface area contributed by atoms with Crippen molar-refractivity contribution in [1.82, 2.24) is 10.3 Å². The summed E-state index contributed by atoms with van der Waals surface area (Å²) in [5, 5.41) is 3.53. The summed E-state index contributed by atoms with van der Waals surface area (Å²) in [6, 6.07) is 7.44. The molecule has 0 saturated carbocycles. The number of aromatic amines is 1. The molecule has 1 aromatic heterocycles. The molecule has 8 heteroatoms. The van der Waals surface area contributed by atoms with Crippen molar-refractivity contribution < 1.29 is 4.79 Å². The van der Waals surface area contributed by atoms with Gasteiger partial charge in [-0.3, -0.25) is 4.79 Å². The van der Waals surface area contributed by atoms with Crippen molar-refractivity contribution in [2.45, 2.75) is 6.54 Å². The fourth-order valence-electron chi connectivity index (χ4n) is 1.74. The van der Waals surface area contributed by atoms with Crippen LogP contribution in [-0.2, 0) is 6.54 Å². The predicted molar refractivity (Wildman–Crippen MR) is 85.7 cm³/mol. The largest absolute Gasteiger partial charge is 0.370 e. The van der Waals surface area contributed by atoms with Crippen LogP contribution in [0.4, 0.5) is 0 Å². The average molecular weight is 318 g/mol. The molecule has 0 aliphatic heterocycles. The van der Waals surface area contributed by atoms with E-state index in [1.54, 1.807) is 13.1 Å². The second-order valence-corrected chi connectivity index (χ2v) is 3.82. The first-order valence-electron chi connectivity index (χ1n) is 5.52. The molecule has 1 aromatic carbocycles. The fraction of sp³-hybridized carbons (Fsp3) is 0.167. The van der Waals surface area contributed by atoms with Gasteiger partial charge in [-0.1, -0.05) is 12.1 Å². The number of fused-ring (bicyclic) bond motifs is 1. The van der Waals surface area contributed by atoms with Crippen LogP contribution in [0.1, 0.15) is 16.1 Å². The van der Waals surface area contributed by atoms with Crippen LogP contribution in [0.3, 0.4) is 0 Å². The van der Waals surface area contributed by atoms with E-state index in [-0.39, 0.29) is 30.8 Å². The van der Waals surface area contributed by atoms with Crippen molar-refractivity contribution in [3.05, 3.63) is 35.5 Å². The molecule has 0 bridgehead atoms. The number of nitrogens with one attached hydrogen (secondary N) is 2. The lowest BCUT2D eigenvalue weighted by atomic mass is 10.1. The predicted octanol–water partition coefficient (Wildman–Crippen LogP) is 1.14. The van der Waals surface area contributed by atoms with Gasteiger partial charge in [0.05, 0.1) is 0 Å². The van der Waals surface area contributed by atoms with Crippen molar-refractivity contribution in [3.8, 4) is 0 Å². The quantitative estimate of drug-likeness (QED) is 0.492. The molecule has 0 radical (unpaired) electrons. The van der Waals surface area contributed by atoms with Crippen molar-refractivity contribution in [2.75, 3.05) is 7.05 Å². The van der Waals surface area contributed by atoms with Crippen LogP contribution in [0.15, 0.2) is 29.3 Å². The monoisotopic (exact) mass is 317 g/mol. The van der Waals surface area contributed by atoms with Crippen LogP contribution in [0, 0.1) is 0 Å². The van der Waals surface area contributed by atoms with Crippen molar-refractivity contribution in [1.29, 1.82) is 0 Å². The standard InChI is InChI=1S/C12H15N5O.2ClH/c1-15-12(14)17-11(18)10-5-8-7(6-13)3-2-4-9(8)16-10;;/h2-5,16H,6,13H2,1H3,(H3,14,15,17,18);2*1H. The summed E-state index contributed by atoms with van der Waals surface area (Å²) in [5.41, 5.74) is 13.3.